The number of hydrogen-bond donors (Lipinski definition) is 2. The fourth-order valence-corrected chi connectivity index (χ4v) is 4.16. The molecule has 0 saturated carbocycles. The number of likely N-dealkylation sites (tertiary alicyclic amines) is 1. The Kier molecular flexibility index (Phi) is 5.92. The molecule has 1 aliphatic heterocycles. The van der Waals surface area contributed by atoms with E-state index in [1.807, 2.05) is 11.5 Å². The summed E-state index contributed by atoms with van der Waals surface area (Å²) in [7, 11) is 0. The van der Waals surface area contributed by atoms with Crippen molar-refractivity contribution in [1.29, 1.82) is 5.26 Å². The topological polar surface area (TPSA) is 110 Å². The number of halogens is 2. The molecule has 9 heteroatoms. The van der Waals surface area contributed by atoms with Crippen LogP contribution < -0.4 is 16.2 Å². The van der Waals surface area contributed by atoms with Crippen LogP contribution in [0.1, 0.15) is 36.2 Å². The molecular formula is C24H23F2N5O2. The van der Waals surface area contributed by atoms with Gasteiger partial charge >= 0.3 is 0 Å². The van der Waals surface area contributed by atoms with E-state index in [2.05, 4.69) is 6.19 Å². The molecular weight excluding hydrogens is 428 g/mol. The Labute approximate surface area is 189 Å². The number of carbonyl (C=O) groups is 1. The van der Waals surface area contributed by atoms with Crippen molar-refractivity contribution in [2.75, 3.05) is 12.3 Å². The number of benzene rings is 2. The second-order valence-corrected chi connectivity index (χ2v) is 8.11. The normalized spacial score (nSPS) is 18.1. The van der Waals surface area contributed by atoms with Crippen LogP contribution in [0.3, 0.4) is 0 Å². The predicted molar refractivity (Wildman–Crippen MR) is 119 cm³/mol. The third-order valence-corrected chi connectivity index (χ3v) is 5.98. The first-order valence-electron chi connectivity index (χ1n) is 10.5. The minimum absolute atomic E-state index is 0.0724. The minimum Gasteiger partial charge on any atom is -0.454 e. The molecule has 0 radical (unpaired) electrons. The molecule has 4 N–H and O–H groups in total. The summed E-state index contributed by atoms with van der Waals surface area (Å²) >= 11 is 0. The standard InChI is InChI=1S/C24H23F2N5O2/c1-14-2-6-17(11-30(14)13-27)31-12-19(22(23(31)28)24(29)32)15-3-7-18(8-4-15)33-21-9-5-16(25)10-20(21)26/h3-5,7-10,12,14,17H,2,6,11,28H2,1H3,(H2,29,32)/t14-,17+/m0/s1. The number of anilines is 1. The number of primary amides is 1. The second kappa shape index (κ2) is 8.82. The van der Waals surface area contributed by atoms with Crippen molar-refractivity contribution in [2.24, 2.45) is 5.73 Å². The highest BCUT2D eigenvalue weighted by molar-refractivity contribution is 6.04. The third kappa shape index (κ3) is 4.32. The SMILES string of the molecule is C[C@H]1CC[C@@H](n2cc(-c3ccc(Oc4ccc(F)cc4F)cc3)c(C(N)=O)c2N)CN1C#N. The second-order valence-electron chi connectivity index (χ2n) is 8.11. The summed E-state index contributed by atoms with van der Waals surface area (Å²) in [5, 5.41) is 9.39. The molecule has 170 valence electrons. The first-order chi connectivity index (χ1) is 15.8. The van der Waals surface area contributed by atoms with Crippen LogP contribution in [0, 0.1) is 23.1 Å². The van der Waals surface area contributed by atoms with Crippen molar-refractivity contribution in [1.82, 2.24) is 9.47 Å². The summed E-state index contributed by atoms with van der Waals surface area (Å²) in [6, 6.07) is 9.75. The van der Waals surface area contributed by atoms with E-state index in [9.17, 15) is 18.8 Å². The number of ether oxygens (including phenoxy) is 1. The van der Waals surface area contributed by atoms with E-state index in [0.29, 0.717) is 23.4 Å². The molecule has 2 aromatic carbocycles. The first-order valence-corrected chi connectivity index (χ1v) is 10.5. The van der Waals surface area contributed by atoms with Gasteiger partial charge in [-0.25, -0.2) is 8.78 Å². The van der Waals surface area contributed by atoms with Crippen LogP contribution in [-0.4, -0.2) is 28.0 Å². The van der Waals surface area contributed by atoms with Crippen molar-refractivity contribution in [3.05, 3.63) is 65.9 Å². The van der Waals surface area contributed by atoms with E-state index in [4.69, 9.17) is 16.2 Å². The van der Waals surface area contributed by atoms with Crippen molar-refractivity contribution in [2.45, 2.75) is 31.8 Å². The number of nitrogens with two attached hydrogens (primary N) is 2. The quantitative estimate of drug-likeness (QED) is 0.558. The van der Waals surface area contributed by atoms with Crippen LogP contribution >= 0.6 is 0 Å². The van der Waals surface area contributed by atoms with Gasteiger partial charge in [-0.3, -0.25) is 4.79 Å². The van der Waals surface area contributed by atoms with E-state index >= 15 is 0 Å². The largest absolute Gasteiger partial charge is 0.454 e. The lowest BCUT2D eigenvalue weighted by Gasteiger charge is -2.35. The Bertz CT molecular complexity index is 1230. The Morgan fingerprint density at radius 2 is 1.91 bits per heavy atom. The number of aromatic nitrogens is 1. The first kappa shape index (κ1) is 22.1. The number of nitrogens with zero attached hydrogens (tertiary/aromatic N) is 3. The van der Waals surface area contributed by atoms with Crippen molar-refractivity contribution in [3.8, 4) is 28.8 Å². The van der Waals surface area contributed by atoms with Crippen LogP contribution in [0.25, 0.3) is 11.1 Å². The molecule has 7 nitrogen and oxygen atoms in total. The van der Waals surface area contributed by atoms with Crippen LogP contribution in [0.4, 0.5) is 14.6 Å². The van der Waals surface area contributed by atoms with Gasteiger partial charge in [0, 0.05) is 30.4 Å². The molecule has 1 amide bonds. The lowest BCUT2D eigenvalue weighted by molar-refractivity contribution is 0.100. The van der Waals surface area contributed by atoms with E-state index in [-0.39, 0.29) is 29.2 Å². The number of hydrogen-bond acceptors (Lipinski definition) is 5. The highest BCUT2D eigenvalue weighted by Gasteiger charge is 2.29. The van der Waals surface area contributed by atoms with Crippen LogP contribution in [0.5, 0.6) is 11.5 Å². The maximum atomic E-state index is 13.9. The van der Waals surface area contributed by atoms with Crippen LogP contribution in [0.2, 0.25) is 0 Å². The monoisotopic (exact) mass is 451 g/mol. The molecule has 33 heavy (non-hydrogen) atoms. The van der Waals surface area contributed by atoms with Crippen molar-refractivity contribution >= 4 is 11.7 Å². The van der Waals surface area contributed by atoms with Crippen LogP contribution in [-0.2, 0) is 0 Å². The van der Waals surface area contributed by atoms with E-state index in [0.717, 1.165) is 25.0 Å². The van der Waals surface area contributed by atoms with E-state index in [1.54, 1.807) is 35.4 Å². The van der Waals surface area contributed by atoms with Gasteiger partial charge < -0.3 is 25.7 Å². The molecule has 1 aromatic heterocycles. The molecule has 4 rings (SSSR count). The van der Waals surface area contributed by atoms with Crippen LogP contribution in [0.15, 0.2) is 48.7 Å². The highest BCUT2D eigenvalue weighted by Crippen LogP contribution is 2.36. The average molecular weight is 451 g/mol. The number of amides is 1. The summed E-state index contributed by atoms with van der Waals surface area (Å²) in [6.07, 6.45) is 5.62. The molecule has 1 fully saturated rings. The third-order valence-electron chi connectivity index (χ3n) is 5.98. The number of nitrogen functional groups attached to an aromatic ring is 1. The molecule has 0 unspecified atom stereocenters. The zero-order valence-electron chi connectivity index (χ0n) is 18.0. The fraction of sp³-hybridized carbons (Fsp3) is 0.250. The molecule has 2 heterocycles. The maximum Gasteiger partial charge on any atom is 0.253 e. The molecule has 1 aliphatic rings. The van der Waals surface area contributed by atoms with Gasteiger partial charge in [0.25, 0.3) is 5.91 Å². The summed E-state index contributed by atoms with van der Waals surface area (Å²) in [5.74, 6) is -1.68. The Balaban J connectivity index is 1.64. The van der Waals surface area contributed by atoms with Gasteiger partial charge in [-0.05, 0) is 49.6 Å². The van der Waals surface area contributed by atoms with E-state index in [1.165, 1.54) is 6.07 Å². The lowest BCUT2D eigenvalue weighted by Crippen LogP contribution is -2.39. The molecule has 0 spiro atoms. The number of nitriles is 1. The Hall–Kier alpha value is -4.06. The van der Waals surface area contributed by atoms with Gasteiger partial charge in [0.2, 0.25) is 0 Å². The molecule has 2 atom stereocenters. The lowest BCUT2D eigenvalue weighted by atomic mass is 10.00. The zero-order chi connectivity index (χ0) is 23.7. The molecule has 0 aliphatic carbocycles. The number of rotatable bonds is 5. The summed E-state index contributed by atoms with van der Waals surface area (Å²) < 4.78 is 34.3. The van der Waals surface area contributed by atoms with Crippen molar-refractivity contribution < 1.29 is 18.3 Å². The van der Waals surface area contributed by atoms with Crippen molar-refractivity contribution in [3.63, 3.8) is 0 Å². The number of piperidine rings is 1. The van der Waals surface area contributed by atoms with Gasteiger partial charge in [-0.1, -0.05) is 12.1 Å². The minimum atomic E-state index is -0.812. The highest BCUT2D eigenvalue weighted by atomic mass is 19.1. The zero-order valence-corrected chi connectivity index (χ0v) is 18.0. The Morgan fingerprint density at radius 3 is 2.55 bits per heavy atom. The maximum absolute atomic E-state index is 13.9. The smallest absolute Gasteiger partial charge is 0.253 e. The predicted octanol–water partition coefficient (Wildman–Crippen LogP) is 4.41. The van der Waals surface area contributed by atoms with Gasteiger partial charge in [0.15, 0.2) is 17.8 Å². The van der Waals surface area contributed by atoms with Gasteiger partial charge in [-0.15, -0.1) is 0 Å². The molecule has 3 aromatic rings. The fourth-order valence-electron chi connectivity index (χ4n) is 4.16. The van der Waals surface area contributed by atoms with Gasteiger partial charge in [0.1, 0.15) is 17.4 Å². The van der Waals surface area contributed by atoms with Gasteiger partial charge in [0.05, 0.1) is 11.6 Å². The van der Waals surface area contributed by atoms with E-state index < -0.39 is 17.5 Å². The van der Waals surface area contributed by atoms with Gasteiger partial charge in [-0.2, -0.15) is 5.26 Å². The summed E-state index contributed by atoms with van der Waals surface area (Å²) in [6.45, 7) is 2.49. The summed E-state index contributed by atoms with van der Waals surface area (Å²) in [4.78, 5) is 13.9. The average Bonchev–Trinajstić information content (AvgIpc) is 3.14. The molecule has 1 saturated heterocycles. The molecule has 0 bridgehead atoms. The number of carbonyl (C=O) groups excluding carboxylic acids is 1. The Morgan fingerprint density at radius 1 is 1.18 bits per heavy atom. The summed E-state index contributed by atoms with van der Waals surface area (Å²) in [5.41, 5.74) is 13.4.